The van der Waals surface area contributed by atoms with Gasteiger partial charge in [-0.05, 0) is 25.8 Å². The van der Waals surface area contributed by atoms with Gasteiger partial charge >= 0.3 is 0 Å². The van der Waals surface area contributed by atoms with Gasteiger partial charge in [0.2, 0.25) is 0 Å². The Labute approximate surface area is 183 Å². The van der Waals surface area contributed by atoms with E-state index in [1.54, 1.807) is 18.4 Å². The molecule has 1 aromatic heterocycles. The highest BCUT2D eigenvalue weighted by Crippen LogP contribution is 2.44. The van der Waals surface area contributed by atoms with E-state index in [0.29, 0.717) is 6.54 Å². The minimum atomic E-state index is 0. The predicted molar refractivity (Wildman–Crippen MR) is 124 cm³/mol. The number of ether oxygens (including phenoxy) is 1. The van der Waals surface area contributed by atoms with Gasteiger partial charge in [0.15, 0.2) is 5.96 Å². The molecular formula is C20H29IN4OS. The molecule has 148 valence electrons. The van der Waals surface area contributed by atoms with Crippen LogP contribution in [0.4, 0.5) is 0 Å². The average Bonchev–Trinajstić information content (AvgIpc) is 3.31. The monoisotopic (exact) mass is 500 g/mol. The second-order valence-corrected chi connectivity index (χ2v) is 8.15. The van der Waals surface area contributed by atoms with Gasteiger partial charge in [-0.2, -0.15) is 0 Å². The molecule has 2 N–H and O–H groups in total. The SMILES string of the molecule is CN=C(NCc1ncc(C)s1)NCC1(c2ccccc2OC)CCCC1.I. The topological polar surface area (TPSA) is 58.5 Å². The van der Waals surface area contributed by atoms with Gasteiger partial charge in [-0.25, -0.2) is 4.98 Å². The van der Waals surface area contributed by atoms with E-state index in [1.165, 1.54) is 36.1 Å². The Balaban J connectivity index is 0.00000261. The molecule has 0 radical (unpaired) electrons. The smallest absolute Gasteiger partial charge is 0.191 e. The Hall–Kier alpha value is -1.35. The average molecular weight is 500 g/mol. The fourth-order valence-corrected chi connectivity index (χ4v) is 4.52. The van der Waals surface area contributed by atoms with Crippen molar-refractivity contribution in [1.29, 1.82) is 0 Å². The van der Waals surface area contributed by atoms with E-state index in [-0.39, 0.29) is 29.4 Å². The van der Waals surface area contributed by atoms with Crippen LogP contribution in [0, 0.1) is 6.92 Å². The molecule has 0 aliphatic heterocycles. The number of nitrogens with zero attached hydrogens (tertiary/aromatic N) is 2. The van der Waals surface area contributed by atoms with Crippen LogP contribution in [0.2, 0.25) is 0 Å². The van der Waals surface area contributed by atoms with Crippen LogP contribution in [0.3, 0.4) is 0 Å². The van der Waals surface area contributed by atoms with Crippen LogP contribution in [0.15, 0.2) is 35.5 Å². The molecule has 1 fully saturated rings. The fourth-order valence-electron chi connectivity index (χ4n) is 3.79. The number of thiazole rings is 1. The van der Waals surface area contributed by atoms with Crippen LogP contribution < -0.4 is 15.4 Å². The van der Waals surface area contributed by atoms with Gasteiger partial charge in [0.25, 0.3) is 0 Å². The van der Waals surface area contributed by atoms with Crippen LogP contribution in [0.1, 0.15) is 41.1 Å². The minimum Gasteiger partial charge on any atom is -0.496 e. The lowest BCUT2D eigenvalue weighted by atomic mass is 9.78. The number of guanidine groups is 1. The van der Waals surface area contributed by atoms with Gasteiger partial charge in [-0.15, -0.1) is 35.3 Å². The standard InChI is InChI=1S/C20H28N4OS.HI/c1-15-12-22-18(26-15)13-23-19(21-2)24-14-20(10-6-7-11-20)16-8-4-5-9-17(16)25-3;/h4-5,8-9,12H,6-7,10-11,13-14H2,1-3H3,(H2,21,23,24);1H. The van der Waals surface area contributed by atoms with E-state index >= 15 is 0 Å². The molecule has 2 aromatic rings. The third-order valence-corrected chi connectivity index (χ3v) is 6.05. The van der Waals surface area contributed by atoms with Gasteiger partial charge in [0.1, 0.15) is 10.8 Å². The molecule has 1 saturated carbocycles. The van der Waals surface area contributed by atoms with Gasteiger partial charge in [-0.3, -0.25) is 4.99 Å². The van der Waals surface area contributed by atoms with Crippen molar-refractivity contribution in [2.24, 2.45) is 4.99 Å². The van der Waals surface area contributed by atoms with Crippen LogP contribution in [0.5, 0.6) is 5.75 Å². The van der Waals surface area contributed by atoms with Crippen molar-refractivity contribution in [3.8, 4) is 5.75 Å². The molecule has 0 unspecified atom stereocenters. The maximum Gasteiger partial charge on any atom is 0.191 e. The minimum absolute atomic E-state index is 0. The largest absolute Gasteiger partial charge is 0.496 e. The summed E-state index contributed by atoms with van der Waals surface area (Å²) in [6.45, 7) is 3.62. The summed E-state index contributed by atoms with van der Waals surface area (Å²) in [4.78, 5) is 10.0. The van der Waals surface area contributed by atoms with Gasteiger partial charge in [0, 0.05) is 35.6 Å². The number of hydrogen-bond acceptors (Lipinski definition) is 4. The molecule has 5 nitrogen and oxygen atoms in total. The quantitative estimate of drug-likeness (QED) is 0.354. The van der Waals surface area contributed by atoms with Gasteiger partial charge in [-0.1, -0.05) is 31.0 Å². The summed E-state index contributed by atoms with van der Waals surface area (Å²) in [6, 6.07) is 8.42. The summed E-state index contributed by atoms with van der Waals surface area (Å²) in [5.74, 6) is 1.80. The lowest BCUT2D eigenvalue weighted by Gasteiger charge is -2.32. The van der Waals surface area contributed by atoms with Crippen molar-refractivity contribution < 1.29 is 4.74 Å². The van der Waals surface area contributed by atoms with Gasteiger partial charge in [0.05, 0.1) is 13.7 Å². The molecule has 1 aliphatic rings. The number of aliphatic imine (C=N–C) groups is 1. The van der Waals surface area contributed by atoms with E-state index in [4.69, 9.17) is 4.74 Å². The Morgan fingerprint density at radius 3 is 2.63 bits per heavy atom. The van der Waals surface area contributed by atoms with Gasteiger partial charge < -0.3 is 15.4 Å². The molecule has 7 heteroatoms. The number of halogens is 1. The predicted octanol–water partition coefficient (Wildman–Crippen LogP) is 4.26. The van der Waals surface area contributed by atoms with E-state index in [2.05, 4.69) is 45.7 Å². The van der Waals surface area contributed by atoms with E-state index in [1.807, 2.05) is 19.3 Å². The highest BCUT2D eigenvalue weighted by atomic mass is 127. The number of aryl methyl sites for hydroxylation is 1. The normalized spacial score (nSPS) is 15.9. The number of aromatic nitrogens is 1. The summed E-state index contributed by atoms with van der Waals surface area (Å²) in [6.07, 6.45) is 6.76. The molecule has 0 spiro atoms. The summed E-state index contributed by atoms with van der Waals surface area (Å²) in [5, 5.41) is 7.99. The van der Waals surface area contributed by atoms with Crippen LogP contribution in [-0.2, 0) is 12.0 Å². The van der Waals surface area contributed by atoms with Crippen molar-refractivity contribution >= 4 is 41.3 Å². The van der Waals surface area contributed by atoms with Crippen molar-refractivity contribution in [3.05, 3.63) is 45.9 Å². The summed E-state index contributed by atoms with van der Waals surface area (Å²) < 4.78 is 5.64. The van der Waals surface area contributed by atoms with E-state index < -0.39 is 0 Å². The molecule has 0 amide bonds. The summed E-state index contributed by atoms with van der Waals surface area (Å²) in [7, 11) is 3.57. The number of rotatable bonds is 6. The molecule has 27 heavy (non-hydrogen) atoms. The highest BCUT2D eigenvalue weighted by Gasteiger charge is 2.37. The second kappa shape index (κ2) is 10.3. The lowest BCUT2D eigenvalue weighted by Crippen LogP contribution is -2.44. The second-order valence-electron chi connectivity index (χ2n) is 6.83. The first-order chi connectivity index (χ1) is 12.7. The molecule has 1 aromatic carbocycles. The molecule has 3 rings (SSSR count). The van der Waals surface area contributed by atoms with Crippen LogP contribution >= 0.6 is 35.3 Å². The first-order valence-electron chi connectivity index (χ1n) is 9.16. The molecule has 0 saturated heterocycles. The molecule has 1 aliphatic carbocycles. The number of para-hydroxylation sites is 1. The molecular weight excluding hydrogens is 471 g/mol. The Bertz CT molecular complexity index is 756. The Morgan fingerprint density at radius 1 is 1.26 bits per heavy atom. The summed E-state index contributed by atoms with van der Waals surface area (Å²) in [5.41, 5.74) is 1.40. The maximum atomic E-state index is 5.64. The third kappa shape index (κ3) is 5.34. The zero-order valence-corrected chi connectivity index (χ0v) is 19.4. The van der Waals surface area contributed by atoms with Crippen LogP contribution in [0.25, 0.3) is 0 Å². The van der Waals surface area contributed by atoms with E-state index in [0.717, 1.165) is 23.3 Å². The van der Waals surface area contributed by atoms with Crippen molar-refractivity contribution in [2.75, 3.05) is 20.7 Å². The van der Waals surface area contributed by atoms with Crippen molar-refractivity contribution in [3.63, 3.8) is 0 Å². The fraction of sp³-hybridized carbons (Fsp3) is 0.500. The number of methoxy groups -OCH3 is 1. The number of hydrogen-bond donors (Lipinski definition) is 2. The summed E-state index contributed by atoms with van der Waals surface area (Å²) >= 11 is 1.71. The molecule has 0 atom stereocenters. The first-order valence-corrected chi connectivity index (χ1v) is 9.98. The Morgan fingerprint density at radius 2 is 2.00 bits per heavy atom. The zero-order chi connectivity index (χ0) is 18.4. The van der Waals surface area contributed by atoms with Crippen molar-refractivity contribution in [2.45, 2.75) is 44.6 Å². The lowest BCUT2D eigenvalue weighted by molar-refractivity contribution is 0.371. The molecule has 0 bridgehead atoms. The Kier molecular flexibility index (Phi) is 8.34. The number of benzene rings is 1. The molecule has 1 heterocycles. The van der Waals surface area contributed by atoms with Crippen LogP contribution in [-0.4, -0.2) is 31.6 Å². The van der Waals surface area contributed by atoms with Crippen molar-refractivity contribution in [1.82, 2.24) is 15.6 Å². The zero-order valence-electron chi connectivity index (χ0n) is 16.2. The number of nitrogens with one attached hydrogen (secondary N) is 2. The van der Waals surface area contributed by atoms with E-state index in [9.17, 15) is 0 Å². The maximum absolute atomic E-state index is 5.64. The third-order valence-electron chi connectivity index (χ3n) is 5.13. The first kappa shape index (κ1) is 21.9. The highest BCUT2D eigenvalue weighted by molar-refractivity contribution is 14.0.